The summed E-state index contributed by atoms with van der Waals surface area (Å²) in [6, 6.07) is 3.57. The topological polar surface area (TPSA) is 108 Å². The van der Waals surface area contributed by atoms with Crippen LogP contribution in [0, 0.1) is 10.1 Å². The first-order valence-corrected chi connectivity index (χ1v) is 6.71. The SMILES string of the molecule is CCCNC(=O)[C@H](C)OC(=O)c1cc([N+](=O)[O-])ccc1OC. The molecule has 0 aliphatic heterocycles. The predicted octanol–water partition coefficient (Wildman–Crippen LogP) is 1.67. The summed E-state index contributed by atoms with van der Waals surface area (Å²) in [5.74, 6) is -1.16. The number of non-ortho nitro benzene ring substituents is 1. The van der Waals surface area contributed by atoms with E-state index in [0.717, 1.165) is 12.5 Å². The first kappa shape index (κ1) is 17.4. The molecule has 0 saturated heterocycles. The van der Waals surface area contributed by atoms with Crippen molar-refractivity contribution in [3.8, 4) is 5.75 Å². The van der Waals surface area contributed by atoms with Gasteiger partial charge in [0.05, 0.1) is 12.0 Å². The molecule has 1 atom stereocenters. The molecule has 8 heteroatoms. The predicted molar refractivity (Wildman–Crippen MR) is 77.8 cm³/mol. The number of amides is 1. The number of methoxy groups -OCH3 is 1. The van der Waals surface area contributed by atoms with E-state index in [-0.39, 0.29) is 17.0 Å². The van der Waals surface area contributed by atoms with Crippen LogP contribution < -0.4 is 10.1 Å². The Morgan fingerprint density at radius 2 is 2.09 bits per heavy atom. The van der Waals surface area contributed by atoms with E-state index in [9.17, 15) is 19.7 Å². The molecule has 1 aromatic carbocycles. The number of nitrogens with zero attached hydrogens (tertiary/aromatic N) is 1. The van der Waals surface area contributed by atoms with Gasteiger partial charge in [0.1, 0.15) is 11.3 Å². The highest BCUT2D eigenvalue weighted by atomic mass is 16.6. The largest absolute Gasteiger partial charge is 0.496 e. The molecule has 1 rings (SSSR count). The van der Waals surface area contributed by atoms with Crippen LogP contribution in [0.5, 0.6) is 5.75 Å². The van der Waals surface area contributed by atoms with Gasteiger partial charge in [0.25, 0.3) is 11.6 Å². The molecule has 0 bridgehead atoms. The van der Waals surface area contributed by atoms with Crippen LogP contribution in [0.15, 0.2) is 18.2 Å². The molecule has 0 unspecified atom stereocenters. The van der Waals surface area contributed by atoms with Crippen molar-refractivity contribution in [1.82, 2.24) is 5.32 Å². The van der Waals surface area contributed by atoms with Crippen LogP contribution in [0.1, 0.15) is 30.6 Å². The number of carbonyl (C=O) groups excluding carboxylic acids is 2. The lowest BCUT2D eigenvalue weighted by atomic mass is 10.1. The zero-order chi connectivity index (χ0) is 16.7. The van der Waals surface area contributed by atoms with Gasteiger partial charge in [-0.3, -0.25) is 14.9 Å². The van der Waals surface area contributed by atoms with Crippen molar-refractivity contribution < 1.29 is 24.0 Å². The zero-order valence-electron chi connectivity index (χ0n) is 12.6. The van der Waals surface area contributed by atoms with E-state index in [0.29, 0.717) is 6.54 Å². The van der Waals surface area contributed by atoms with Crippen LogP contribution in [0.4, 0.5) is 5.69 Å². The van der Waals surface area contributed by atoms with Crippen LogP contribution in [0.3, 0.4) is 0 Å². The quantitative estimate of drug-likeness (QED) is 0.466. The van der Waals surface area contributed by atoms with E-state index >= 15 is 0 Å². The third kappa shape index (κ3) is 4.44. The normalized spacial score (nSPS) is 11.4. The van der Waals surface area contributed by atoms with Gasteiger partial charge in [-0.05, 0) is 19.4 Å². The van der Waals surface area contributed by atoms with Crippen LogP contribution in [-0.2, 0) is 9.53 Å². The molecule has 120 valence electrons. The van der Waals surface area contributed by atoms with Crippen LogP contribution in [0.25, 0.3) is 0 Å². The Balaban J connectivity index is 2.90. The Bertz CT molecular complexity index is 572. The van der Waals surface area contributed by atoms with Crippen LogP contribution in [0.2, 0.25) is 0 Å². The standard InChI is InChI=1S/C14H18N2O6/c1-4-7-15-13(17)9(2)22-14(18)11-8-10(16(19)20)5-6-12(11)21-3/h5-6,8-9H,4,7H2,1-3H3,(H,15,17)/t9-/m0/s1. The van der Waals surface area contributed by atoms with Crippen molar-refractivity contribution >= 4 is 17.6 Å². The number of nitrogens with one attached hydrogen (secondary N) is 1. The molecule has 0 aliphatic carbocycles. The fraction of sp³-hybridized carbons (Fsp3) is 0.429. The minimum atomic E-state index is -1.01. The van der Waals surface area contributed by atoms with Crippen molar-refractivity contribution in [2.24, 2.45) is 0 Å². The number of ether oxygens (including phenoxy) is 2. The molecule has 1 N–H and O–H groups in total. The summed E-state index contributed by atoms with van der Waals surface area (Å²) in [7, 11) is 1.33. The summed E-state index contributed by atoms with van der Waals surface area (Å²) in [5, 5.41) is 13.4. The second kappa shape index (κ2) is 7.96. The van der Waals surface area contributed by atoms with Crippen molar-refractivity contribution in [3.63, 3.8) is 0 Å². The lowest BCUT2D eigenvalue weighted by molar-refractivity contribution is -0.384. The molecule has 0 radical (unpaired) electrons. The second-order valence-corrected chi connectivity index (χ2v) is 4.48. The summed E-state index contributed by atoms with van der Waals surface area (Å²) in [6.45, 7) is 3.79. The Kier molecular flexibility index (Phi) is 6.30. The maximum absolute atomic E-state index is 12.1. The summed E-state index contributed by atoms with van der Waals surface area (Å²) in [5.41, 5.74) is -0.373. The van der Waals surface area contributed by atoms with Gasteiger partial charge in [0, 0.05) is 18.7 Å². The molecule has 1 amide bonds. The molecule has 0 saturated carbocycles. The molecule has 22 heavy (non-hydrogen) atoms. The minimum Gasteiger partial charge on any atom is -0.496 e. The van der Waals surface area contributed by atoms with E-state index in [4.69, 9.17) is 9.47 Å². The highest BCUT2D eigenvalue weighted by molar-refractivity contribution is 5.95. The molecule has 0 fully saturated rings. The maximum atomic E-state index is 12.1. The fourth-order valence-corrected chi connectivity index (χ4v) is 1.64. The number of hydrogen-bond donors (Lipinski definition) is 1. The molecule has 0 heterocycles. The Labute approximate surface area is 127 Å². The lowest BCUT2D eigenvalue weighted by Gasteiger charge is -2.14. The van der Waals surface area contributed by atoms with Gasteiger partial charge in [-0.2, -0.15) is 0 Å². The molecule has 0 spiro atoms. The minimum absolute atomic E-state index is 0.105. The van der Waals surface area contributed by atoms with E-state index in [1.54, 1.807) is 0 Å². The number of nitro groups is 1. The third-order valence-electron chi connectivity index (χ3n) is 2.82. The molecule has 1 aromatic rings. The van der Waals surface area contributed by atoms with Gasteiger partial charge in [-0.15, -0.1) is 0 Å². The first-order chi connectivity index (χ1) is 10.4. The van der Waals surface area contributed by atoms with E-state index in [1.165, 1.54) is 26.2 Å². The van der Waals surface area contributed by atoms with Crippen molar-refractivity contribution in [1.29, 1.82) is 0 Å². The second-order valence-electron chi connectivity index (χ2n) is 4.48. The average Bonchev–Trinajstić information content (AvgIpc) is 2.51. The van der Waals surface area contributed by atoms with Crippen molar-refractivity contribution in [2.75, 3.05) is 13.7 Å². The van der Waals surface area contributed by atoms with E-state index < -0.39 is 22.9 Å². The summed E-state index contributed by atoms with van der Waals surface area (Å²) < 4.78 is 10.0. The average molecular weight is 310 g/mol. The van der Waals surface area contributed by atoms with Gasteiger partial charge in [-0.1, -0.05) is 6.92 Å². The fourth-order valence-electron chi connectivity index (χ4n) is 1.64. The molecule has 8 nitrogen and oxygen atoms in total. The number of rotatable bonds is 7. The van der Waals surface area contributed by atoms with Crippen LogP contribution in [-0.4, -0.2) is 36.6 Å². The smallest absolute Gasteiger partial charge is 0.342 e. The summed E-state index contributed by atoms with van der Waals surface area (Å²) in [6.07, 6.45) is -0.256. The zero-order valence-corrected chi connectivity index (χ0v) is 12.6. The molecule has 0 aromatic heterocycles. The highest BCUT2D eigenvalue weighted by Gasteiger charge is 2.23. The number of hydrogen-bond acceptors (Lipinski definition) is 6. The summed E-state index contributed by atoms with van der Waals surface area (Å²) >= 11 is 0. The highest BCUT2D eigenvalue weighted by Crippen LogP contribution is 2.25. The van der Waals surface area contributed by atoms with Gasteiger partial charge < -0.3 is 14.8 Å². The first-order valence-electron chi connectivity index (χ1n) is 6.71. The Morgan fingerprint density at radius 3 is 2.64 bits per heavy atom. The van der Waals surface area contributed by atoms with Crippen LogP contribution >= 0.6 is 0 Å². The Morgan fingerprint density at radius 1 is 1.41 bits per heavy atom. The molecular weight excluding hydrogens is 292 g/mol. The number of carbonyl (C=O) groups is 2. The molecular formula is C14H18N2O6. The van der Waals surface area contributed by atoms with Gasteiger partial charge in [0.15, 0.2) is 6.10 Å². The number of nitro benzene ring substituents is 1. The number of esters is 1. The lowest BCUT2D eigenvalue weighted by Crippen LogP contribution is -2.36. The van der Waals surface area contributed by atoms with Crippen molar-refractivity contribution in [3.05, 3.63) is 33.9 Å². The number of benzene rings is 1. The monoisotopic (exact) mass is 310 g/mol. The van der Waals surface area contributed by atoms with E-state index in [2.05, 4.69) is 5.32 Å². The maximum Gasteiger partial charge on any atom is 0.342 e. The van der Waals surface area contributed by atoms with Crippen molar-refractivity contribution in [2.45, 2.75) is 26.4 Å². The van der Waals surface area contributed by atoms with Gasteiger partial charge in [0.2, 0.25) is 0 Å². The summed E-state index contributed by atoms with van der Waals surface area (Å²) in [4.78, 5) is 33.9. The molecule has 0 aliphatic rings. The van der Waals surface area contributed by atoms with Gasteiger partial charge in [-0.25, -0.2) is 4.79 Å². The third-order valence-corrected chi connectivity index (χ3v) is 2.82. The van der Waals surface area contributed by atoms with E-state index in [1.807, 2.05) is 6.92 Å². The van der Waals surface area contributed by atoms with Gasteiger partial charge >= 0.3 is 5.97 Å². The Hall–Kier alpha value is -2.64.